The second kappa shape index (κ2) is 12.6. The van der Waals surface area contributed by atoms with Crippen molar-refractivity contribution in [3.05, 3.63) is 35.9 Å². The summed E-state index contributed by atoms with van der Waals surface area (Å²) in [7, 11) is 0. The lowest BCUT2D eigenvalue weighted by molar-refractivity contribution is -0.132. The number of nitrogens with one attached hydrogen (secondary N) is 5. The fourth-order valence-electron chi connectivity index (χ4n) is 2.47. The zero-order valence-corrected chi connectivity index (χ0v) is 16.6. The Balaban J connectivity index is 2.84. The van der Waals surface area contributed by atoms with Crippen molar-refractivity contribution in [3.63, 3.8) is 0 Å². The van der Waals surface area contributed by atoms with E-state index in [2.05, 4.69) is 21.3 Å². The van der Waals surface area contributed by atoms with Gasteiger partial charge < -0.3 is 32.4 Å². The zero-order valence-electron chi connectivity index (χ0n) is 16.6. The van der Waals surface area contributed by atoms with E-state index in [4.69, 9.17) is 11.1 Å². The Morgan fingerprint density at radius 2 is 1.67 bits per heavy atom. The van der Waals surface area contributed by atoms with E-state index in [9.17, 15) is 24.0 Å². The van der Waals surface area contributed by atoms with E-state index in [-0.39, 0.29) is 25.9 Å². The topological polar surface area (TPSA) is 183 Å². The smallest absolute Gasteiger partial charge is 0.312 e. The van der Waals surface area contributed by atoms with Gasteiger partial charge in [-0.25, -0.2) is 4.79 Å². The predicted octanol–water partition coefficient (Wildman–Crippen LogP) is -1.04. The molecule has 0 fully saturated rings. The second-order valence-electron chi connectivity index (χ2n) is 6.41. The highest BCUT2D eigenvalue weighted by Gasteiger charge is 2.26. The van der Waals surface area contributed by atoms with Crippen LogP contribution in [0.5, 0.6) is 0 Å². The van der Waals surface area contributed by atoms with Crippen LogP contribution in [0.1, 0.15) is 25.3 Å². The lowest BCUT2D eigenvalue weighted by atomic mass is 10.1. The summed E-state index contributed by atoms with van der Waals surface area (Å²) in [4.78, 5) is 58.9. The number of carbonyl (C=O) groups excluding carboxylic acids is 5. The summed E-state index contributed by atoms with van der Waals surface area (Å²) in [5.41, 5.74) is 5.84. The summed E-state index contributed by atoms with van der Waals surface area (Å²) in [5.74, 6) is -2.29. The number of rotatable bonds is 12. The molecule has 7 N–H and O–H groups in total. The number of primary amides is 1. The Hall–Kier alpha value is -3.76. The van der Waals surface area contributed by atoms with Crippen molar-refractivity contribution in [3.8, 4) is 0 Å². The molecule has 0 unspecified atom stereocenters. The van der Waals surface area contributed by atoms with Crippen LogP contribution in [0, 0.1) is 5.41 Å². The van der Waals surface area contributed by atoms with Gasteiger partial charge in [0.05, 0.1) is 6.21 Å². The number of hydrogen-bond donors (Lipinski definition) is 6. The maximum Gasteiger partial charge on any atom is 0.312 e. The molecule has 1 aromatic rings. The third-order valence-corrected chi connectivity index (χ3v) is 3.96. The highest BCUT2D eigenvalue weighted by atomic mass is 16.2. The molecule has 11 heteroatoms. The van der Waals surface area contributed by atoms with Gasteiger partial charge in [0.15, 0.2) is 5.78 Å². The first kappa shape index (κ1) is 24.3. The van der Waals surface area contributed by atoms with Gasteiger partial charge in [0.1, 0.15) is 12.1 Å². The van der Waals surface area contributed by atoms with Crippen LogP contribution in [0.15, 0.2) is 30.3 Å². The van der Waals surface area contributed by atoms with Crippen molar-refractivity contribution >= 4 is 35.8 Å². The maximum atomic E-state index is 12.6. The van der Waals surface area contributed by atoms with Crippen molar-refractivity contribution in [1.82, 2.24) is 21.3 Å². The molecule has 0 aliphatic carbocycles. The molecule has 0 saturated carbocycles. The molecule has 162 valence electrons. The molecule has 0 aliphatic rings. The van der Waals surface area contributed by atoms with E-state index in [0.717, 1.165) is 5.56 Å². The first-order valence-corrected chi connectivity index (χ1v) is 9.18. The molecule has 1 aromatic carbocycles. The van der Waals surface area contributed by atoms with Gasteiger partial charge in [0.2, 0.25) is 17.7 Å². The number of urea groups is 1. The van der Waals surface area contributed by atoms with Crippen LogP contribution >= 0.6 is 0 Å². The lowest BCUT2D eigenvalue weighted by Gasteiger charge is -2.22. The summed E-state index contributed by atoms with van der Waals surface area (Å²) in [6.07, 6.45) is 0.464. The van der Waals surface area contributed by atoms with Gasteiger partial charge >= 0.3 is 6.03 Å². The molecule has 0 heterocycles. The Kier molecular flexibility index (Phi) is 10.2. The van der Waals surface area contributed by atoms with Gasteiger partial charge in [-0.15, -0.1) is 0 Å². The van der Waals surface area contributed by atoms with Crippen LogP contribution < -0.4 is 27.0 Å². The first-order chi connectivity index (χ1) is 14.2. The Bertz CT molecular complexity index is 783. The molecule has 0 spiro atoms. The lowest BCUT2D eigenvalue weighted by Crippen LogP contribution is -2.57. The zero-order chi connectivity index (χ0) is 22.5. The van der Waals surface area contributed by atoms with E-state index in [0.29, 0.717) is 6.21 Å². The van der Waals surface area contributed by atoms with Gasteiger partial charge in [-0.2, -0.15) is 0 Å². The standard InChI is InChI=1S/C19H26N6O5/c1-12(26)24-16(11-23-19(21)30)18(29)25-15(8-7-14(27)9-20)17(28)22-10-13-5-3-2-4-6-13/h2-6,9,15-16,20H,7-8,10-11H2,1H3,(H,22,28)(H,24,26)(H,25,29)(H3,21,23,30)/t15-,16-/m0/s1. The fraction of sp³-hybridized carbons (Fsp3) is 0.368. The molecule has 11 nitrogen and oxygen atoms in total. The summed E-state index contributed by atoms with van der Waals surface area (Å²) in [6, 6.07) is 5.95. The summed E-state index contributed by atoms with van der Waals surface area (Å²) in [6.45, 7) is 1.12. The van der Waals surface area contributed by atoms with Crippen LogP contribution in [-0.4, -0.2) is 54.4 Å². The van der Waals surface area contributed by atoms with Gasteiger partial charge in [0, 0.05) is 26.4 Å². The van der Waals surface area contributed by atoms with Crippen molar-refractivity contribution in [2.75, 3.05) is 6.54 Å². The molecule has 2 atom stereocenters. The van der Waals surface area contributed by atoms with Crippen molar-refractivity contribution in [2.24, 2.45) is 5.73 Å². The van der Waals surface area contributed by atoms with Crippen LogP contribution in [0.4, 0.5) is 4.79 Å². The average molecular weight is 418 g/mol. The number of benzene rings is 1. The van der Waals surface area contributed by atoms with E-state index in [1.54, 1.807) is 0 Å². The largest absolute Gasteiger partial charge is 0.352 e. The number of ketones is 1. The Labute approximate surface area is 173 Å². The molecule has 0 aliphatic heterocycles. The monoisotopic (exact) mass is 418 g/mol. The number of amides is 5. The summed E-state index contributed by atoms with van der Waals surface area (Å²) in [5, 5.41) is 16.7. The molecule has 5 amide bonds. The molecule has 30 heavy (non-hydrogen) atoms. The number of hydrogen-bond acceptors (Lipinski definition) is 6. The first-order valence-electron chi connectivity index (χ1n) is 9.18. The third kappa shape index (κ3) is 9.44. The number of carbonyl (C=O) groups is 5. The van der Waals surface area contributed by atoms with Gasteiger partial charge in [-0.1, -0.05) is 30.3 Å². The van der Waals surface area contributed by atoms with Gasteiger partial charge in [-0.3, -0.25) is 19.2 Å². The predicted molar refractivity (Wildman–Crippen MR) is 108 cm³/mol. The SMILES string of the molecule is CC(=O)N[C@@H](CNC(N)=O)C(=O)N[C@@H](CCC(=O)C=N)C(=O)NCc1ccccc1. The van der Waals surface area contributed by atoms with Crippen LogP contribution in [-0.2, 0) is 25.7 Å². The van der Waals surface area contributed by atoms with Crippen LogP contribution in [0.25, 0.3) is 0 Å². The minimum Gasteiger partial charge on any atom is -0.352 e. The quantitative estimate of drug-likeness (QED) is 0.236. The van der Waals surface area contributed by atoms with E-state index >= 15 is 0 Å². The molecule has 0 aromatic heterocycles. The third-order valence-electron chi connectivity index (χ3n) is 3.96. The van der Waals surface area contributed by atoms with E-state index in [1.165, 1.54) is 6.92 Å². The van der Waals surface area contributed by atoms with E-state index in [1.807, 2.05) is 30.3 Å². The van der Waals surface area contributed by atoms with E-state index < -0.39 is 41.6 Å². The molecular formula is C19H26N6O5. The van der Waals surface area contributed by atoms with Crippen LogP contribution in [0.2, 0.25) is 0 Å². The molecular weight excluding hydrogens is 392 g/mol. The van der Waals surface area contributed by atoms with Gasteiger partial charge in [0.25, 0.3) is 0 Å². The second-order valence-corrected chi connectivity index (χ2v) is 6.41. The molecule has 1 rings (SSSR count). The van der Waals surface area contributed by atoms with Crippen molar-refractivity contribution in [2.45, 2.75) is 38.4 Å². The highest BCUT2D eigenvalue weighted by molar-refractivity contribution is 6.26. The highest BCUT2D eigenvalue weighted by Crippen LogP contribution is 2.02. The molecule has 0 bridgehead atoms. The minimum absolute atomic E-state index is 0.0450. The van der Waals surface area contributed by atoms with Crippen LogP contribution in [0.3, 0.4) is 0 Å². The maximum absolute atomic E-state index is 12.6. The minimum atomic E-state index is -1.17. The Morgan fingerprint density at radius 1 is 1.00 bits per heavy atom. The Morgan fingerprint density at radius 3 is 2.23 bits per heavy atom. The number of nitrogens with two attached hydrogens (primary N) is 1. The fourth-order valence-corrected chi connectivity index (χ4v) is 2.47. The number of Topliss-reactive ketones (excluding diaryl/α,β-unsaturated/α-hetero) is 1. The molecule has 0 saturated heterocycles. The summed E-state index contributed by atoms with van der Waals surface area (Å²) >= 11 is 0. The van der Waals surface area contributed by atoms with Gasteiger partial charge in [-0.05, 0) is 12.0 Å². The molecule has 0 radical (unpaired) electrons. The van der Waals surface area contributed by atoms with Crippen molar-refractivity contribution < 1.29 is 24.0 Å². The van der Waals surface area contributed by atoms with Crippen molar-refractivity contribution in [1.29, 1.82) is 5.41 Å². The average Bonchev–Trinajstić information content (AvgIpc) is 2.72. The summed E-state index contributed by atoms with van der Waals surface area (Å²) < 4.78 is 0. The normalized spacial score (nSPS) is 12.0.